The van der Waals surface area contributed by atoms with Crippen molar-refractivity contribution < 1.29 is 9.59 Å². The lowest BCUT2D eigenvalue weighted by molar-refractivity contribution is -0.141. The summed E-state index contributed by atoms with van der Waals surface area (Å²) in [7, 11) is 0. The molecule has 1 aliphatic carbocycles. The van der Waals surface area contributed by atoms with E-state index in [0.29, 0.717) is 0 Å². The number of nitrogens with zero attached hydrogens (tertiary/aromatic N) is 2. The summed E-state index contributed by atoms with van der Waals surface area (Å²) in [5, 5.41) is 3.01. The number of pyridine rings is 1. The Morgan fingerprint density at radius 1 is 1.13 bits per heavy atom. The standard InChI is InChI=1S/C18H25N3O2/c1-13-12-19-9-8-16(13)20-17(22)14-6-2-3-7-15(14)18(23)21-10-4-5-11-21/h8-9,12,14-15H,2-7,10-11H2,1H3,(H,19,20,22)/t14-,15-/m0/s1. The Bertz CT molecular complexity index is 581. The van der Waals surface area contributed by atoms with Crippen LogP contribution in [0.1, 0.15) is 44.1 Å². The predicted molar refractivity (Wildman–Crippen MR) is 88.9 cm³/mol. The van der Waals surface area contributed by atoms with Gasteiger partial charge >= 0.3 is 0 Å². The number of aryl methyl sites for hydroxylation is 1. The van der Waals surface area contributed by atoms with Crippen molar-refractivity contribution in [2.24, 2.45) is 11.8 Å². The highest BCUT2D eigenvalue weighted by molar-refractivity contribution is 5.96. The molecule has 23 heavy (non-hydrogen) atoms. The molecular formula is C18H25N3O2. The predicted octanol–water partition coefficient (Wildman–Crippen LogP) is 2.76. The van der Waals surface area contributed by atoms with Crippen LogP contribution in [-0.2, 0) is 9.59 Å². The third kappa shape index (κ3) is 3.54. The van der Waals surface area contributed by atoms with E-state index in [9.17, 15) is 9.59 Å². The van der Waals surface area contributed by atoms with Crippen LogP contribution in [0.5, 0.6) is 0 Å². The van der Waals surface area contributed by atoms with E-state index in [1.807, 2.05) is 17.9 Å². The Morgan fingerprint density at radius 2 is 1.83 bits per heavy atom. The smallest absolute Gasteiger partial charge is 0.228 e. The van der Waals surface area contributed by atoms with Crippen LogP contribution in [0.4, 0.5) is 5.69 Å². The number of hydrogen-bond donors (Lipinski definition) is 1. The van der Waals surface area contributed by atoms with Gasteiger partial charge < -0.3 is 10.2 Å². The summed E-state index contributed by atoms with van der Waals surface area (Å²) in [6, 6.07) is 1.81. The van der Waals surface area contributed by atoms with Crippen molar-refractivity contribution in [1.29, 1.82) is 0 Å². The second-order valence-corrected chi connectivity index (χ2v) is 6.71. The minimum absolute atomic E-state index is 0.0171. The van der Waals surface area contributed by atoms with Crippen molar-refractivity contribution in [3.05, 3.63) is 24.0 Å². The molecule has 2 atom stereocenters. The molecule has 1 N–H and O–H groups in total. The van der Waals surface area contributed by atoms with Crippen LogP contribution in [0, 0.1) is 18.8 Å². The van der Waals surface area contributed by atoms with Crippen LogP contribution in [0.3, 0.4) is 0 Å². The molecule has 0 spiro atoms. The number of carbonyl (C=O) groups excluding carboxylic acids is 2. The lowest BCUT2D eigenvalue weighted by Gasteiger charge is -2.32. The maximum atomic E-state index is 12.8. The summed E-state index contributed by atoms with van der Waals surface area (Å²) in [6.45, 7) is 3.64. The number of hydrogen-bond acceptors (Lipinski definition) is 3. The quantitative estimate of drug-likeness (QED) is 0.933. The van der Waals surface area contributed by atoms with Gasteiger partial charge in [-0.25, -0.2) is 0 Å². The van der Waals surface area contributed by atoms with Crippen molar-refractivity contribution >= 4 is 17.5 Å². The van der Waals surface area contributed by atoms with Gasteiger partial charge in [-0.2, -0.15) is 0 Å². The van der Waals surface area contributed by atoms with Gasteiger partial charge in [-0.3, -0.25) is 14.6 Å². The molecule has 1 aromatic heterocycles. The number of rotatable bonds is 3. The molecule has 0 radical (unpaired) electrons. The van der Waals surface area contributed by atoms with E-state index in [4.69, 9.17) is 0 Å². The largest absolute Gasteiger partial charge is 0.342 e. The Morgan fingerprint density at radius 3 is 2.52 bits per heavy atom. The lowest BCUT2D eigenvalue weighted by atomic mass is 9.77. The van der Waals surface area contributed by atoms with Gasteiger partial charge in [0.1, 0.15) is 0 Å². The molecule has 2 heterocycles. The molecule has 124 valence electrons. The van der Waals surface area contributed by atoms with E-state index in [1.54, 1.807) is 12.4 Å². The molecule has 5 nitrogen and oxygen atoms in total. The second-order valence-electron chi connectivity index (χ2n) is 6.71. The Balaban J connectivity index is 1.71. The zero-order valence-electron chi connectivity index (χ0n) is 13.8. The van der Waals surface area contributed by atoms with Gasteiger partial charge in [-0.05, 0) is 44.2 Å². The van der Waals surface area contributed by atoms with Gasteiger partial charge in [0.2, 0.25) is 11.8 Å². The second kappa shape index (κ2) is 7.11. The highest BCUT2D eigenvalue weighted by atomic mass is 16.2. The molecule has 2 fully saturated rings. The first-order valence-electron chi connectivity index (χ1n) is 8.67. The molecule has 0 bridgehead atoms. The molecule has 1 aromatic rings. The van der Waals surface area contributed by atoms with Gasteiger partial charge in [0.25, 0.3) is 0 Å². The van der Waals surface area contributed by atoms with Crippen LogP contribution in [0.2, 0.25) is 0 Å². The summed E-state index contributed by atoms with van der Waals surface area (Å²) < 4.78 is 0. The molecule has 1 saturated heterocycles. The van der Waals surface area contributed by atoms with Crippen LogP contribution in [0.15, 0.2) is 18.5 Å². The average Bonchev–Trinajstić information content (AvgIpc) is 3.11. The third-order valence-electron chi connectivity index (χ3n) is 5.12. The molecule has 0 aromatic carbocycles. The molecule has 3 rings (SSSR count). The molecule has 1 aliphatic heterocycles. The van der Waals surface area contributed by atoms with E-state index in [-0.39, 0.29) is 23.7 Å². The molecule has 2 aliphatic rings. The van der Waals surface area contributed by atoms with Crippen molar-refractivity contribution in [3.63, 3.8) is 0 Å². The fraction of sp³-hybridized carbons (Fsp3) is 0.611. The number of aromatic nitrogens is 1. The fourth-order valence-electron chi connectivity index (χ4n) is 3.75. The number of anilines is 1. The van der Waals surface area contributed by atoms with Crippen LogP contribution >= 0.6 is 0 Å². The summed E-state index contributed by atoms with van der Waals surface area (Å²) in [5.74, 6) is -0.182. The minimum Gasteiger partial charge on any atom is -0.342 e. The number of amides is 2. The lowest BCUT2D eigenvalue weighted by Crippen LogP contribution is -2.42. The first kappa shape index (κ1) is 16.0. The summed E-state index contributed by atoms with van der Waals surface area (Å²) in [6.07, 6.45) is 9.30. The highest BCUT2D eigenvalue weighted by Crippen LogP contribution is 2.33. The maximum absolute atomic E-state index is 12.8. The molecule has 2 amide bonds. The van der Waals surface area contributed by atoms with Gasteiger partial charge in [-0.15, -0.1) is 0 Å². The van der Waals surface area contributed by atoms with Gasteiger partial charge in [0, 0.05) is 43.0 Å². The molecule has 0 unspecified atom stereocenters. The van der Waals surface area contributed by atoms with Gasteiger partial charge in [0.15, 0.2) is 0 Å². The maximum Gasteiger partial charge on any atom is 0.228 e. The first-order chi connectivity index (χ1) is 11.2. The van der Waals surface area contributed by atoms with Crippen molar-refractivity contribution in [3.8, 4) is 0 Å². The molecular weight excluding hydrogens is 290 g/mol. The van der Waals surface area contributed by atoms with Crippen LogP contribution < -0.4 is 5.32 Å². The van der Waals surface area contributed by atoms with Gasteiger partial charge in [0.05, 0.1) is 0 Å². The van der Waals surface area contributed by atoms with Crippen molar-refractivity contribution in [2.75, 3.05) is 18.4 Å². The number of likely N-dealkylation sites (tertiary alicyclic amines) is 1. The number of carbonyl (C=O) groups is 2. The first-order valence-corrected chi connectivity index (χ1v) is 8.67. The van der Waals surface area contributed by atoms with Crippen molar-refractivity contribution in [2.45, 2.75) is 45.4 Å². The van der Waals surface area contributed by atoms with Gasteiger partial charge in [-0.1, -0.05) is 12.8 Å². The zero-order valence-corrected chi connectivity index (χ0v) is 13.8. The number of nitrogens with one attached hydrogen (secondary N) is 1. The molecule has 5 heteroatoms. The summed E-state index contributed by atoms with van der Waals surface area (Å²) >= 11 is 0. The van der Waals surface area contributed by atoms with Crippen LogP contribution in [-0.4, -0.2) is 34.8 Å². The van der Waals surface area contributed by atoms with Crippen LogP contribution in [0.25, 0.3) is 0 Å². The van der Waals surface area contributed by atoms with E-state index >= 15 is 0 Å². The third-order valence-corrected chi connectivity index (χ3v) is 5.12. The van der Waals surface area contributed by atoms with E-state index in [1.165, 1.54) is 0 Å². The Labute approximate surface area is 137 Å². The van der Waals surface area contributed by atoms with E-state index < -0.39 is 0 Å². The summed E-state index contributed by atoms with van der Waals surface area (Å²) in [5.41, 5.74) is 1.74. The van der Waals surface area contributed by atoms with E-state index in [0.717, 1.165) is 62.9 Å². The topological polar surface area (TPSA) is 62.3 Å². The minimum atomic E-state index is -0.204. The van der Waals surface area contributed by atoms with Crippen molar-refractivity contribution in [1.82, 2.24) is 9.88 Å². The monoisotopic (exact) mass is 315 g/mol. The molecule has 1 saturated carbocycles. The van der Waals surface area contributed by atoms with E-state index in [2.05, 4.69) is 10.3 Å². The Hall–Kier alpha value is -1.91. The average molecular weight is 315 g/mol. The Kier molecular flexibility index (Phi) is 4.94. The fourth-order valence-corrected chi connectivity index (χ4v) is 3.75. The zero-order chi connectivity index (χ0) is 16.2. The normalized spacial score (nSPS) is 24.5. The summed E-state index contributed by atoms with van der Waals surface area (Å²) in [4.78, 5) is 31.5. The highest BCUT2D eigenvalue weighted by Gasteiger charge is 2.38. The SMILES string of the molecule is Cc1cnccc1NC(=O)[C@H]1CCCC[C@@H]1C(=O)N1CCCC1.